The van der Waals surface area contributed by atoms with Crippen molar-refractivity contribution < 1.29 is 5.11 Å². The monoisotopic (exact) mass is 417 g/mol. The van der Waals surface area contributed by atoms with E-state index < -0.39 is 0 Å². The summed E-state index contributed by atoms with van der Waals surface area (Å²) in [6.07, 6.45) is 2.28. The fourth-order valence-corrected chi connectivity index (χ4v) is 4.55. The molecule has 152 valence electrons. The van der Waals surface area contributed by atoms with Crippen LogP contribution >= 0.6 is 24.0 Å². The van der Waals surface area contributed by atoms with E-state index in [1.54, 1.807) is 11.3 Å². The Morgan fingerprint density at radius 1 is 1.25 bits per heavy atom. The Morgan fingerprint density at radius 3 is 2.64 bits per heavy atom. The third-order valence-electron chi connectivity index (χ3n) is 4.64. The van der Waals surface area contributed by atoms with Gasteiger partial charge in [0.15, 0.2) is 0 Å². The second kappa shape index (κ2) is 9.01. The number of hydrogen-bond acceptors (Lipinski definition) is 5. The highest BCUT2D eigenvalue weighted by atomic mass is 32.2. The smallest absolute Gasteiger partial charge is 0.0587 e. The molecule has 2 aromatic heterocycles. The van der Waals surface area contributed by atoms with Crippen molar-refractivity contribution in [1.29, 1.82) is 0 Å². The number of thiol groups is 1. The lowest BCUT2D eigenvalue weighted by Crippen LogP contribution is -2.31. The predicted molar refractivity (Wildman–Crippen MR) is 123 cm³/mol. The van der Waals surface area contributed by atoms with Gasteiger partial charge in [-0.15, -0.1) is 24.0 Å². The van der Waals surface area contributed by atoms with E-state index in [1.807, 2.05) is 26.8 Å². The Balaban J connectivity index is 0.000000403. The predicted octanol–water partition coefficient (Wildman–Crippen LogP) is 4.89. The molecule has 3 heterocycles. The Morgan fingerprint density at radius 2 is 2.00 bits per heavy atom. The normalized spacial score (nSPS) is 17.7. The van der Waals surface area contributed by atoms with Crippen LogP contribution in [0.1, 0.15) is 39.3 Å². The summed E-state index contributed by atoms with van der Waals surface area (Å²) in [5.74, 6) is 0. The Bertz CT molecular complexity index is 904. The molecule has 6 heteroatoms. The number of aromatic amines is 1. The van der Waals surface area contributed by atoms with Gasteiger partial charge >= 0.3 is 0 Å². The zero-order chi connectivity index (χ0) is 20.3. The second-order valence-corrected chi connectivity index (χ2v) is 10.4. The first-order chi connectivity index (χ1) is 13.2. The van der Waals surface area contributed by atoms with Crippen LogP contribution in [0.5, 0.6) is 0 Å². The molecule has 4 N–H and O–H groups in total. The number of nitrogens with two attached hydrogens (primary N) is 1. The van der Waals surface area contributed by atoms with Gasteiger partial charge in [0, 0.05) is 39.6 Å². The minimum absolute atomic E-state index is 0. The molecular formula is C22H31N3OS2. The van der Waals surface area contributed by atoms with E-state index in [2.05, 4.69) is 52.8 Å². The van der Waals surface area contributed by atoms with Crippen LogP contribution in [0.4, 0.5) is 0 Å². The van der Waals surface area contributed by atoms with Crippen LogP contribution in [0.25, 0.3) is 21.3 Å². The van der Waals surface area contributed by atoms with Crippen molar-refractivity contribution in [2.45, 2.75) is 55.9 Å². The van der Waals surface area contributed by atoms with E-state index >= 15 is 0 Å². The van der Waals surface area contributed by atoms with Crippen molar-refractivity contribution in [2.24, 2.45) is 5.73 Å². The van der Waals surface area contributed by atoms with Gasteiger partial charge in [-0.3, -0.25) is 4.90 Å². The third-order valence-corrected chi connectivity index (χ3v) is 6.00. The molecule has 0 radical (unpaired) electrons. The summed E-state index contributed by atoms with van der Waals surface area (Å²) in [5, 5.41) is 10.7. The number of nitrogens with zero attached hydrogens (tertiary/aromatic N) is 1. The molecule has 1 saturated heterocycles. The molecule has 28 heavy (non-hydrogen) atoms. The topological polar surface area (TPSA) is 65.3 Å². The number of aliphatic hydroxyl groups excluding tert-OH is 1. The molecule has 0 aliphatic carbocycles. The number of fused-ring (bicyclic) bond motifs is 1. The highest BCUT2D eigenvalue weighted by Crippen LogP contribution is 2.32. The van der Waals surface area contributed by atoms with Crippen LogP contribution in [0.3, 0.4) is 0 Å². The number of likely N-dealkylation sites (tertiary alicyclic amines) is 1. The quantitative estimate of drug-likeness (QED) is 0.457. The van der Waals surface area contributed by atoms with E-state index in [4.69, 9.17) is 5.73 Å². The van der Waals surface area contributed by atoms with Crippen molar-refractivity contribution in [3.63, 3.8) is 0 Å². The number of hydrogen-bond donors (Lipinski definition) is 4. The van der Waals surface area contributed by atoms with Crippen LogP contribution in [0.15, 0.2) is 40.6 Å². The molecule has 0 spiro atoms. The molecule has 1 unspecified atom stereocenters. The van der Waals surface area contributed by atoms with Crippen molar-refractivity contribution in [3.05, 3.63) is 42.1 Å². The molecular weight excluding hydrogens is 386 g/mol. The maximum atomic E-state index is 9.46. The van der Waals surface area contributed by atoms with Crippen molar-refractivity contribution in [1.82, 2.24) is 9.88 Å². The van der Waals surface area contributed by atoms with Crippen LogP contribution in [-0.2, 0) is 6.54 Å². The number of H-pyrrole nitrogens is 1. The maximum Gasteiger partial charge on any atom is 0.0587 e. The molecule has 1 fully saturated rings. The molecule has 1 aliphatic heterocycles. The minimum atomic E-state index is 0. The summed E-state index contributed by atoms with van der Waals surface area (Å²) in [4.78, 5) is 7.14. The van der Waals surface area contributed by atoms with Gasteiger partial charge in [-0.1, -0.05) is 6.07 Å². The van der Waals surface area contributed by atoms with E-state index in [0.717, 1.165) is 23.7 Å². The van der Waals surface area contributed by atoms with E-state index in [-0.39, 0.29) is 12.1 Å². The van der Waals surface area contributed by atoms with Gasteiger partial charge in [-0.25, -0.2) is 0 Å². The molecule has 0 amide bonds. The van der Waals surface area contributed by atoms with E-state index in [9.17, 15) is 5.11 Å². The molecule has 3 aromatic rings. The van der Waals surface area contributed by atoms with Gasteiger partial charge in [-0.2, -0.15) is 0 Å². The van der Waals surface area contributed by atoms with Crippen LogP contribution < -0.4 is 5.73 Å². The average molecular weight is 418 g/mol. The van der Waals surface area contributed by atoms with Gasteiger partial charge < -0.3 is 15.8 Å². The summed E-state index contributed by atoms with van der Waals surface area (Å²) in [6.45, 7) is 8.11. The highest BCUT2D eigenvalue weighted by Gasteiger charge is 2.24. The van der Waals surface area contributed by atoms with Crippen LogP contribution in [0, 0.1) is 0 Å². The first kappa shape index (κ1) is 21.4. The standard InChI is InChI=1S/C18H20N2OS2.C4H11N/c21-11-15-2-1-7-20(15)10-14-9-13-8-12(3-4-16(13)19-14)17-5-6-18(22)23-17;1-4(2,3)5/h3-6,8-9,15,19,21-22H,1-2,7,10-11H2;5H2,1-3H3. The number of benzene rings is 1. The first-order valence-corrected chi connectivity index (χ1v) is 11.0. The fourth-order valence-electron chi connectivity index (χ4n) is 3.44. The Kier molecular flexibility index (Phi) is 6.89. The summed E-state index contributed by atoms with van der Waals surface area (Å²) >= 11 is 6.11. The van der Waals surface area contributed by atoms with Gasteiger partial charge in [-0.05, 0) is 76.1 Å². The summed E-state index contributed by atoms with van der Waals surface area (Å²) < 4.78 is 1.04. The number of aromatic nitrogens is 1. The number of thiophene rings is 1. The van der Waals surface area contributed by atoms with Gasteiger partial charge in [0.05, 0.1) is 10.8 Å². The summed E-state index contributed by atoms with van der Waals surface area (Å²) in [6, 6.07) is 13.3. The van der Waals surface area contributed by atoms with E-state index in [0.29, 0.717) is 6.04 Å². The molecule has 1 aromatic carbocycles. The first-order valence-electron chi connectivity index (χ1n) is 9.77. The molecule has 0 saturated carbocycles. The number of nitrogens with one attached hydrogen (secondary N) is 1. The second-order valence-electron chi connectivity index (χ2n) is 8.55. The van der Waals surface area contributed by atoms with E-state index in [1.165, 1.54) is 33.5 Å². The average Bonchev–Trinajstić information content (AvgIpc) is 3.31. The lowest BCUT2D eigenvalue weighted by Gasteiger charge is -2.21. The molecule has 1 atom stereocenters. The zero-order valence-electron chi connectivity index (χ0n) is 16.9. The molecule has 1 aliphatic rings. The fraction of sp³-hybridized carbons (Fsp3) is 0.455. The molecule has 4 nitrogen and oxygen atoms in total. The maximum absolute atomic E-state index is 9.46. The third kappa shape index (κ3) is 5.84. The zero-order valence-corrected chi connectivity index (χ0v) is 18.6. The van der Waals surface area contributed by atoms with Crippen molar-refractivity contribution >= 4 is 34.9 Å². The highest BCUT2D eigenvalue weighted by molar-refractivity contribution is 7.83. The van der Waals surface area contributed by atoms with Crippen LogP contribution in [-0.4, -0.2) is 39.7 Å². The summed E-state index contributed by atoms with van der Waals surface area (Å²) in [7, 11) is 0. The Labute approximate surface area is 177 Å². The van der Waals surface area contributed by atoms with Crippen LogP contribution in [0.2, 0.25) is 0 Å². The molecule has 4 rings (SSSR count). The van der Waals surface area contributed by atoms with Gasteiger partial charge in [0.25, 0.3) is 0 Å². The number of rotatable bonds is 4. The SMILES string of the molecule is CC(C)(C)N.OCC1CCCN1Cc1cc2cc(-c3ccc(S)s3)ccc2[nH]1. The lowest BCUT2D eigenvalue weighted by molar-refractivity contribution is 0.152. The largest absolute Gasteiger partial charge is 0.395 e. The van der Waals surface area contributed by atoms with Crippen molar-refractivity contribution in [2.75, 3.05) is 13.2 Å². The van der Waals surface area contributed by atoms with Gasteiger partial charge in [0.1, 0.15) is 0 Å². The van der Waals surface area contributed by atoms with Gasteiger partial charge in [0.2, 0.25) is 0 Å². The van der Waals surface area contributed by atoms with Crippen molar-refractivity contribution in [3.8, 4) is 10.4 Å². The molecule has 0 bridgehead atoms. The summed E-state index contributed by atoms with van der Waals surface area (Å²) in [5.41, 5.74) is 8.99. The number of aliphatic hydroxyl groups is 1. The minimum Gasteiger partial charge on any atom is -0.395 e. The lowest BCUT2D eigenvalue weighted by atomic mass is 10.1. The Hall–Kier alpha value is -1.31.